The molecule has 0 unspecified atom stereocenters. The van der Waals surface area contributed by atoms with E-state index in [2.05, 4.69) is 10.3 Å². The van der Waals surface area contributed by atoms with Crippen LogP contribution in [0, 0.1) is 10.1 Å². The Morgan fingerprint density at radius 3 is 2.81 bits per heavy atom. The van der Waals surface area contributed by atoms with Crippen molar-refractivity contribution in [2.75, 3.05) is 11.1 Å². The lowest BCUT2D eigenvalue weighted by molar-refractivity contribution is -0.384. The molecule has 0 saturated heterocycles. The molecule has 1 heterocycles. The molecule has 0 saturated carbocycles. The highest BCUT2D eigenvalue weighted by atomic mass is 16.6. The average molecular weight is 291 g/mol. The number of H-pyrrole nitrogens is 1. The number of nitrogens with two attached hydrogens (primary N) is 1. The summed E-state index contributed by atoms with van der Waals surface area (Å²) in [6.45, 7) is 0.160. The zero-order valence-corrected chi connectivity index (χ0v) is 11.1. The summed E-state index contributed by atoms with van der Waals surface area (Å²) in [7, 11) is 1.42. The SMILES string of the molecule is Cn1c(N)c(NCc2cccc([N+](=O)[O-])c2)c(=O)[nH]c1=O. The van der Waals surface area contributed by atoms with Gasteiger partial charge in [0, 0.05) is 25.7 Å². The van der Waals surface area contributed by atoms with Crippen molar-refractivity contribution in [3.63, 3.8) is 0 Å². The number of aromatic nitrogens is 2. The monoisotopic (exact) mass is 291 g/mol. The standard InChI is InChI=1S/C12H13N5O4/c1-16-10(13)9(11(18)15-12(16)19)14-6-7-3-2-4-8(5-7)17(20)21/h2-5,14H,6,13H2,1H3,(H,15,18,19). The molecule has 1 aromatic carbocycles. The van der Waals surface area contributed by atoms with Crippen LogP contribution in [0.3, 0.4) is 0 Å². The Morgan fingerprint density at radius 2 is 2.14 bits per heavy atom. The molecule has 0 bridgehead atoms. The van der Waals surface area contributed by atoms with Crippen LogP contribution in [0.4, 0.5) is 17.2 Å². The highest BCUT2D eigenvalue weighted by Gasteiger charge is 2.10. The van der Waals surface area contributed by atoms with Gasteiger partial charge in [-0.2, -0.15) is 0 Å². The molecular formula is C12H13N5O4. The van der Waals surface area contributed by atoms with Gasteiger partial charge in [0.05, 0.1) is 4.92 Å². The van der Waals surface area contributed by atoms with Gasteiger partial charge in [-0.25, -0.2) is 4.79 Å². The molecule has 0 aliphatic heterocycles. The number of rotatable bonds is 4. The molecule has 21 heavy (non-hydrogen) atoms. The Morgan fingerprint density at radius 1 is 1.43 bits per heavy atom. The number of nitro groups is 1. The number of aromatic amines is 1. The Labute approximate surface area is 118 Å². The summed E-state index contributed by atoms with van der Waals surface area (Å²) in [6, 6.07) is 5.98. The van der Waals surface area contributed by atoms with Crippen molar-refractivity contribution in [2.45, 2.75) is 6.54 Å². The molecule has 0 spiro atoms. The van der Waals surface area contributed by atoms with E-state index in [1.54, 1.807) is 12.1 Å². The lowest BCUT2D eigenvalue weighted by atomic mass is 10.2. The van der Waals surface area contributed by atoms with E-state index in [0.717, 1.165) is 4.57 Å². The van der Waals surface area contributed by atoms with Crippen molar-refractivity contribution in [1.82, 2.24) is 9.55 Å². The first kappa shape index (κ1) is 14.3. The molecule has 0 radical (unpaired) electrons. The third kappa shape index (κ3) is 2.91. The Balaban J connectivity index is 2.27. The summed E-state index contributed by atoms with van der Waals surface area (Å²) < 4.78 is 1.09. The molecule has 0 aliphatic carbocycles. The molecule has 2 rings (SSSR count). The second-order valence-corrected chi connectivity index (χ2v) is 4.36. The van der Waals surface area contributed by atoms with Crippen LogP contribution in [-0.2, 0) is 13.6 Å². The van der Waals surface area contributed by atoms with E-state index < -0.39 is 16.2 Å². The first-order valence-corrected chi connectivity index (χ1v) is 5.96. The van der Waals surface area contributed by atoms with Crippen LogP contribution in [0.2, 0.25) is 0 Å². The lowest BCUT2D eigenvalue weighted by Crippen LogP contribution is -2.32. The van der Waals surface area contributed by atoms with Crippen LogP contribution in [-0.4, -0.2) is 14.5 Å². The van der Waals surface area contributed by atoms with E-state index in [1.165, 1.54) is 19.2 Å². The quantitative estimate of drug-likeness (QED) is 0.543. The van der Waals surface area contributed by atoms with Crippen molar-refractivity contribution in [2.24, 2.45) is 7.05 Å². The number of nitrogens with zero attached hydrogens (tertiary/aromatic N) is 2. The fraction of sp³-hybridized carbons (Fsp3) is 0.167. The smallest absolute Gasteiger partial charge is 0.329 e. The normalized spacial score (nSPS) is 10.3. The van der Waals surface area contributed by atoms with Crippen LogP contribution in [0.25, 0.3) is 0 Å². The van der Waals surface area contributed by atoms with Gasteiger partial charge in [0.25, 0.3) is 11.2 Å². The zero-order chi connectivity index (χ0) is 15.6. The van der Waals surface area contributed by atoms with Crippen molar-refractivity contribution < 1.29 is 4.92 Å². The van der Waals surface area contributed by atoms with Gasteiger partial charge in [-0.05, 0) is 5.56 Å². The second kappa shape index (κ2) is 5.49. The van der Waals surface area contributed by atoms with E-state index in [4.69, 9.17) is 5.73 Å². The first-order chi connectivity index (χ1) is 9.90. The molecule has 4 N–H and O–H groups in total. The molecule has 0 fully saturated rings. The molecule has 0 aliphatic rings. The van der Waals surface area contributed by atoms with Crippen LogP contribution < -0.4 is 22.3 Å². The van der Waals surface area contributed by atoms with Gasteiger partial charge < -0.3 is 11.1 Å². The molecule has 9 nitrogen and oxygen atoms in total. The molecule has 9 heteroatoms. The molecule has 0 atom stereocenters. The number of hydrogen-bond acceptors (Lipinski definition) is 6. The van der Waals surface area contributed by atoms with Crippen molar-refractivity contribution in [3.8, 4) is 0 Å². The Kier molecular flexibility index (Phi) is 3.74. The van der Waals surface area contributed by atoms with E-state index in [9.17, 15) is 19.7 Å². The van der Waals surface area contributed by atoms with Crippen LogP contribution in [0.1, 0.15) is 5.56 Å². The van der Waals surface area contributed by atoms with Crippen LogP contribution in [0.5, 0.6) is 0 Å². The Bertz CT molecular complexity index is 808. The molecule has 2 aromatic rings. The fourth-order valence-electron chi connectivity index (χ4n) is 1.78. The minimum Gasteiger partial charge on any atom is -0.383 e. The summed E-state index contributed by atoms with van der Waals surface area (Å²) in [4.78, 5) is 35.3. The van der Waals surface area contributed by atoms with Crippen molar-refractivity contribution in [1.29, 1.82) is 0 Å². The maximum Gasteiger partial charge on any atom is 0.329 e. The number of nitro benzene ring substituents is 1. The van der Waals surface area contributed by atoms with Crippen LogP contribution >= 0.6 is 0 Å². The average Bonchev–Trinajstić information content (AvgIpc) is 2.45. The summed E-state index contributed by atoms with van der Waals surface area (Å²) in [5.74, 6) is -0.00539. The molecule has 1 aromatic heterocycles. The van der Waals surface area contributed by atoms with Gasteiger partial charge in [0.15, 0.2) is 0 Å². The van der Waals surface area contributed by atoms with Gasteiger partial charge in [-0.3, -0.25) is 24.5 Å². The zero-order valence-electron chi connectivity index (χ0n) is 11.1. The first-order valence-electron chi connectivity index (χ1n) is 5.96. The van der Waals surface area contributed by atoms with Gasteiger partial charge in [-0.1, -0.05) is 12.1 Å². The molecular weight excluding hydrogens is 278 g/mol. The number of benzene rings is 1. The van der Waals surface area contributed by atoms with Crippen LogP contribution in [0.15, 0.2) is 33.9 Å². The van der Waals surface area contributed by atoms with Gasteiger partial charge in [0.1, 0.15) is 11.5 Å². The second-order valence-electron chi connectivity index (χ2n) is 4.36. The number of hydrogen-bond donors (Lipinski definition) is 3. The van der Waals surface area contributed by atoms with E-state index in [-0.39, 0.29) is 23.7 Å². The minimum absolute atomic E-state index is 0.00539. The highest BCUT2D eigenvalue weighted by molar-refractivity contribution is 5.60. The van der Waals surface area contributed by atoms with Gasteiger partial charge in [0.2, 0.25) is 0 Å². The number of nitrogen functional groups attached to an aromatic ring is 1. The van der Waals surface area contributed by atoms with E-state index in [1.807, 2.05) is 0 Å². The summed E-state index contributed by atoms with van der Waals surface area (Å²) >= 11 is 0. The predicted octanol–water partition coefficient (Wildman–Crippen LogP) is 0.176. The molecule has 0 amide bonds. The maximum absolute atomic E-state index is 11.7. The van der Waals surface area contributed by atoms with Gasteiger partial charge >= 0.3 is 5.69 Å². The third-order valence-corrected chi connectivity index (χ3v) is 2.96. The van der Waals surface area contributed by atoms with Gasteiger partial charge in [-0.15, -0.1) is 0 Å². The highest BCUT2D eigenvalue weighted by Crippen LogP contribution is 2.15. The predicted molar refractivity (Wildman–Crippen MR) is 77.1 cm³/mol. The summed E-state index contributed by atoms with van der Waals surface area (Å²) in [5, 5.41) is 13.5. The third-order valence-electron chi connectivity index (χ3n) is 2.96. The fourth-order valence-corrected chi connectivity index (χ4v) is 1.78. The van der Waals surface area contributed by atoms with E-state index in [0.29, 0.717) is 5.56 Å². The lowest BCUT2D eigenvalue weighted by Gasteiger charge is -2.10. The largest absolute Gasteiger partial charge is 0.383 e. The van der Waals surface area contributed by atoms with Crippen molar-refractivity contribution in [3.05, 3.63) is 60.8 Å². The molecule has 110 valence electrons. The summed E-state index contributed by atoms with van der Waals surface area (Å²) in [6.07, 6.45) is 0. The summed E-state index contributed by atoms with van der Waals surface area (Å²) in [5.41, 5.74) is 5.06. The number of anilines is 2. The Hall–Kier alpha value is -3.10. The number of nitrogens with one attached hydrogen (secondary N) is 2. The van der Waals surface area contributed by atoms with E-state index >= 15 is 0 Å². The minimum atomic E-state index is -0.638. The number of non-ortho nitro benzene ring substituents is 1. The topological polar surface area (TPSA) is 136 Å². The maximum atomic E-state index is 11.7. The van der Waals surface area contributed by atoms with Crippen molar-refractivity contribution >= 4 is 17.2 Å².